The SMILES string of the molecule is CCCCOC(=O)C(C)(C)n1c(=O)c2c(C)c(-n3nccn3)sc2n(C[C@H](OCCOS(C)(=O)=O)c2cc(F)ccc2OC)c1=O. The predicted molar refractivity (Wildman–Crippen MR) is 168 cm³/mol. The van der Waals surface area contributed by atoms with Gasteiger partial charge in [-0.2, -0.15) is 18.6 Å². The number of rotatable bonds is 15. The van der Waals surface area contributed by atoms with Crippen molar-refractivity contribution >= 4 is 37.6 Å². The van der Waals surface area contributed by atoms with Gasteiger partial charge in [0.05, 0.1) is 57.5 Å². The number of hydrogen-bond donors (Lipinski definition) is 0. The molecule has 0 N–H and O–H groups in total. The minimum absolute atomic E-state index is 0.112. The van der Waals surface area contributed by atoms with Crippen LogP contribution < -0.4 is 16.0 Å². The molecule has 0 aliphatic heterocycles. The summed E-state index contributed by atoms with van der Waals surface area (Å²) in [6, 6.07) is 3.75. The highest BCUT2D eigenvalue weighted by Gasteiger charge is 2.37. The van der Waals surface area contributed by atoms with Crippen LogP contribution >= 0.6 is 11.3 Å². The number of aromatic nitrogens is 5. The molecule has 1 atom stereocenters. The molecule has 4 aromatic rings. The molecule has 17 heteroatoms. The molecule has 0 bridgehead atoms. The summed E-state index contributed by atoms with van der Waals surface area (Å²) in [5.41, 5.74) is -2.64. The maximum absolute atomic E-state index is 14.6. The molecule has 4 rings (SSSR count). The van der Waals surface area contributed by atoms with Gasteiger partial charge in [0, 0.05) is 11.1 Å². The van der Waals surface area contributed by atoms with E-state index in [0.717, 1.165) is 28.6 Å². The van der Waals surface area contributed by atoms with Crippen LogP contribution in [-0.2, 0) is 40.7 Å². The Balaban J connectivity index is 1.95. The molecule has 0 aliphatic carbocycles. The number of nitrogens with zero attached hydrogens (tertiary/aromatic N) is 5. The molecule has 3 aromatic heterocycles. The van der Waals surface area contributed by atoms with Crippen molar-refractivity contribution in [2.24, 2.45) is 0 Å². The number of carbonyl (C=O) groups is 1. The maximum Gasteiger partial charge on any atom is 0.333 e. The zero-order valence-corrected chi connectivity index (χ0v) is 27.9. The van der Waals surface area contributed by atoms with Crippen LogP contribution in [-0.4, -0.2) is 71.7 Å². The number of ether oxygens (including phenoxy) is 3. The van der Waals surface area contributed by atoms with Crippen molar-refractivity contribution in [2.45, 2.75) is 58.7 Å². The molecule has 250 valence electrons. The zero-order chi connectivity index (χ0) is 33.8. The monoisotopic (exact) mass is 681 g/mol. The smallest absolute Gasteiger partial charge is 0.333 e. The third-order valence-corrected chi connectivity index (χ3v) is 9.04. The Kier molecular flexibility index (Phi) is 10.8. The van der Waals surface area contributed by atoms with Crippen molar-refractivity contribution in [1.29, 1.82) is 0 Å². The average Bonchev–Trinajstić information content (AvgIpc) is 3.64. The van der Waals surface area contributed by atoms with Crippen molar-refractivity contribution < 1.29 is 36.0 Å². The van der Waals surface area contributed by atoms with Gasteiger partial charge >= 0.3 is 11.7 Å². The van der Waals surface area contributed by atoms with E-state index in [1.807, 2.05) is 6.92 Å². The summed E-state index contributed by atoms with van der Waals surface area (Å²) < 4.78 is 61.4. The van der Waals surface area contributed by atoms with Crippen molar-refractivity contribution in [3.63, 3.8) is 0 Å². The van der Waals surface area contributed by atoms with Gasteiger partial charge in [0.15, 0.2) is 0 Å². The lowest BCUT2D eigenvalue weighted by Gasteiger charge is -2.27. The van der Waals surface area contributed by atoms with Gasteiger partial charge in [-0.05, 0) is 45.4 Å². The first-order chi connectivity index (χ1) is 21.7. The second kappa shape index (κ2) is 14.2. The van der Waals surface area contributed by atoms with Crippen molar-refractivity contribution in [3.05, 3.63) is 68.4 Å². The predicted octanol–water partition coefficient (Wildman–Crippen LogP) is 3.07. The van der Waals surface area contributed by atoms with Crippen LogP contribution in [0.4, 0.5) is 4.39 Å². The van der Waals surface area contributed by atoms with E-state index >= 15 is 0 Å². The van der Waals surface area contributed by atoms with Gasteiger partial charge in [0.2, 0.25) is 0 Å². The molecule has 0 amide bonds. The molecule has 0 aliphatic rings. The second-order valence-electron chi connectivity index (χ2n) is 10.9. The number of esters is 1. The molecule has 0 fully saturated rings. The number of hydrogen-bond acceptors (Lipinski definition) is 12. The minimum Gasteiger partial charge on any atom is -0.496 e. The summed E-state index contributed by atoms with van der Waals surface area (Å²) in [7, 11) is -2.40. The highest BCUT2D eigenvalue weighted by Crippen LogP contribution is 2.34. The van der Waals surface area contributed by atoms with Crippen molar-refractivity contribution in [3.8, 4) is 10.8 Å². The molecule has 3 heterocycles. The summed E-state index contributed by atoms with van der Waals surface area (Å²) >= 11 is 1.07. The lowest BCUT2D eigenvalue weighted by atomic mass is 10.0. The fourth-order valence-corrected chi connectivity index (χ4v) is 6.41. The molecule has 0 unspecified atom stereocenters. The number of carbonyl (C=O) groups excluding carboxylic acids is 1. The Morgan fingerprint density at radius 2 is 1.83 bits per heavy atom. The number of unbranched alkanes of at least 4 members (excludes halogenated alkanes) is 1. The number of benzene rings is 1. The van der Waals surface area contributed by atoms with E-state index in [9.17, 15) is 27.2 Å². The summed E-state index contributed by atoms with van der Waals surface area (Å²) in [6.07, 6.45) is 4.06. The highest BCUT2D eigenvalue weighted by atomic mass is 32.2. The Morgan fingerprint density at radius 3 is 2.46 bits per heavy atom. The van der Waals surface area contributed by atoms with Crippen LogP contribution in [0.25, 0.3) is 15.2 Å². The van der Waals surface area contributed by atoms with E-state index in [0.29, 0.717) is 17.0 Å². The van der Waals surface area contributed by atoms with Crippen LogP contribution in [0.5, 0.6) is 5.75 Å². The molecule has 0 radical (unpaired) electrons. The molecule has 1 aromatic carbocycles. The largest absolute Gasteiger partial charge is 0.496 e. The highest BCUT2D eigenvalue weighted by molar-refractivity contribution is 7.85. The standard InChI is InChI=1S/C29H36FN5O9S2/c1-7-8-13-43-27(37)29(3,4)34-24(36)23-18(2)25(35-31-11-12-32-35)45-26(23)33(28(34)38)17-22(42-14-15-44-46(6,39)40)20-16-19(30)9-10-21(20)41-5/h9-12,16,22H,7-8,13-15,17H2,1-6H3/t22-/m0/s1. The van der Waals surface area contributed by atoms with E-state index in [4.69, 9.17) is 18.4 Å². The first kappa shape index (κ1) is 34.9. The van der Waals surface area contributed by atoms with Gasteiger partial charge in [-0.25, -0.2) is 18.5 Å². The summed E-state index contributed by atoms with van der Waals surface area (Å²) in [4.78, 5) is 43.3. The van der Waals surface area contributed by atoms with E-state index in [1.165, 1.54) is 60.9 Å². The van der Waals surface area contributed by atoms with E-state index in [-0.39, 0.29) is 47.9 Å². The van der Waals surface area contributed by atoms with E-state index < -0.39 is 44.8 Å². The van der Waals surface area contributed by atoms with Gasteiger partial charge < -0.3 is 14.2 Å². The summed E-state index contributed by atoms with van der Waals surface area (Å²) in [5, 5.41) is 8.94. The van der Waals surface area contributed by atoms with Crippen LogP contribution in [0.15, 0.2) is 40.2 Å². The number of methoxy groups -OCH3 is 1. The van der Waals surface area contributed by atoms with Gasteiger partial charge in [-0.3, -0.25) is 13.5 Å². The lowest BCUT2D eigenvalue weighted by Crippen LogP contribution is -2.53. The Morgan fingerprint density at radius 1 is 1.13 bits per heavy atom. The molecule has 46 heavy (non-hydrogen) atoms. The summed E-state index contributed by atoms with van der Waals surface area (Å²) in [5.74, 6) is -1.16. The lowest BCUT2D eigenvalue weighted by molar-refractivity contribution is -0.153. The second-order valence-corrected chi connectivity index (χ2v) is 13.5. The Labute approximate surface area is 268 Å². The van der Waals surface area contributed by atoms with Crippen LogP contribution in [0.1, 0.15) is 50.8 Å². The molecule has 0 saturated carbocycles. The molecular formula is C29H36FN5O9S2. The zero-order valence-electron chi connectivity index (χ0n) is 26.3. The van der Waals surface area contributed by atoms with Crippen LogP contribution in [0.2, 0.25) is 0 Å². The molecule has 0 spiro atoms. The van der Waals surface area contributed by atoms with Gasteiger partial charge in [-0.15, -0.1) is 4.80 Å². The molecule has 14 nitrogen and oxygen atoms in total. The van der Waals surface area contributed by atoms with Gasteiger partial charge in [0.1, 0.15) is 33.0 Å². The third kappa shape index (κ3) is 7.37. The minimum atomic E-state index is -3.78. The summed E-state index contributed by atoms with van der Waals surface area (Å²) in [6.45, 7) is 5.63. The number of thiophene rings is 1. The fraction of sp³-hybridized carbons (Fsp3) is 0.483. The first-order valence-electron chi connectivity index (χ1n) is 14.3. The normalized spacial score (nSPS) is 12.8. The Hall–Kier alpha value is -3.93. The number of fused-ring (bicyclic) bond motifs is 1. The molecule has 0 saturated heterocycles. The van der Waals surface area contributed by atoms with Gasteiger partial charge in [-0.1, -0.05) is 24.7 Å². The van der Waals surface area contributed by atoms with Crippen LogP contribution in [0.3, 0.4) is 0 Å². The third-order valence-electron chi connectivity index (χ3n) is 7.16. The van der Waals surface area contributed by atoms with E-state index in [1.54, 1.807) is 6.92 Å². The number of halogens is 1. The first-order valence-corrected chi connectivity index (χ1v) is 17.0. The number of aryl methyl sites for hydroxylation is 1. The maximum atomic E-state index is 14.6. The van der Waals surface area contributed by atoms with Crippen LogP contribution in [0, 0.1) is 12.7 Å². The fourth-order valence-electron chi connectivity index (χ4n) is 4.82. The topological polar surface area (TPSA) is 163 Å². The van der Waals surface area contributed by atoms with Crippen molar-refractivity contribution in [1.82, 2.24) is 24.1 Å². The van der Waals surface area contributed by atoms with E-state index in [2.05, 4.69) is 10.2 Å². The molecular weight excluding hydrogens is 645 g/mol. The van der Waals surface area contributed by atoms with Crippen molar-refractivity contribution in [2.75, 3.05) is 33.2 Å². The Bertz CT molecular complexity index is 1930. The quantitative estimate of drug-likeness (QED) is 0.103. The van der Waals surface area contributed by atoms with Gasteiger partial charge in [0.25, 0.3) is 15.7 Å². The average molecular weight is 682 g/mol.